The van der Waals surface area contributed by atoms with Crippen molar-refractivity contribution in [2.45, 2.75) is 32.9 Å². The highest BCUT2D eigenvalue weighted by Gasteiger charge is 2.06. The molecule has 0 spiro atoms. The van der Waals surface area contributed by atoms with Crippen LogP contribution in [0.2, 0.25) is 5.02 Å². The number of aromatic nitrogens is 1. The highest BCUT2D eigenvalue weighted by molar-refractivity contribution is 7.09. The molecule has 1 heterocycles. The minimum Gasteiger partial charge on any atom is -0.352 e. The summed E-state index contributed by atoms with van der Waals surface area (Å²) >= 11 is 7.56. The molecule has 0 bridgehead atoms. The SMILES string of the molecule is CN=C(NCc1ccc(Cl)cc1)NCc1nc(C(C)C)cs1. The first-order valence-corrected chi connectivity index (χ1v) is 8.47. The summed E-state index contributed by atoms with van der Waals surface area (Å²) in [5, 5.41) is 10.5. The lowest BCUT2D eigenvalue weighted by atomic mass is 10.2. The Balaban J connectivity index is 1.83. The zero-order valence-corrected chi connectivity index (χ0v) is 14.6. The van der Waals surface area contributed by atoms with E-state index in [2.05, 4.69) is 39.8 Å². The maximum Gasteiger partial charge on any atom is 0.191 e. The molecular weight excluding hydrogens is 316 g/mol. The lowest BCUT2D eigenvalue weighted by Gasteiger charge is -2.11. The third kappa shape index (κ3) is 5.00. The second-order valence-electron chi connectivity index (χ2n) is 5.23. The number of benzene rings is 1. The summed E-state index contributed by atoms with van der Waals surface area (Å²) in [4.78, 5) is 8.83. The Kier molecular flexibility index (Phi) is 6.21. The predicted octanol–water partition coefficient (Wildman–Crippen LogP) is 3.79. The number of guanidine groups is 1. The number of hydrogen-bond donors (Lipinski definition) is 2. The van der Waals surface area contributed by atoms with Crippen LogP contribution in [0.4, 0.5) is 0 Å². The van der Waals surface area contributed by atoms with Crippen molar-refractivity contribution in [3.63, 3.8) is 0 Å². The molecule has 0 unspecified atom stereocenters. The van der Waals surface area contributed by atoms with Crippen molar-refractivity contribution >= 4 is 28.9 Å². The van der Waals surface area contributed by atoms with Crippen LogP contribution < -0.4 is 10.6 Å². The van der Waals surface area contributed by atoms with Crippen molar-refractivity contribution in [2.75, 3.05) is 7.05 Å². The molecule has 0 aliphatic carbocycles. The molecule has 2 rings (SSSR count). The summed E-state index contributed by atoms with van der Waals surface area (Å²) in [6, 6.07) is 7.77. The van der Waals surface area contributed by atoms with Gasteiger partial charge in [-0.25, -0.2) is 4.98 Å². The number of nitrogens with zero attached hydrogens (tertiary/aromatic N) is 2. The molecule has 0 fully saturated rings. The first-order chi connectivity index (χ1) is 10.6. The molecule has 118 valence electrons. The zero-order chi connectivity index (χ0) is 15.9. The standard InChI is InChI=1S/C16H21ClN4S/c1-11(2)14-10-22-15(21-14)9-20-16(18-3)19-8-12-4-6-13(17)7-5-12/h4-7,10-11H,8-9H2,1-3H3,(H2,18,19,20). The van der Waals surface area contributed by atoms with Crippen LogP contribution >= 0.6 is 22.9 Å². The van der Waals surface area contributed by atoms with E-state index in [1.165, 1.54) is 0 Å². The smallest absolute Gasteiger partial charge is 0.191 e. The first-order valence-electron chi connectivity index (χ1n) is 7.21. The van der Waals surface area contributed by atoms with Crippen molar-refractivity contribution < 1.29 is 0 Å². The van der Waals surface area contributed by atoms with Gasteiger partial charge >= 0.3 is 0 Å². The molecule has 0 saturated heterocycles. The number of rotatable bonds is 5. The summed E-state index contributed by atoms with van der Waals surface area (Å²) < 4.78 is 0. The van der Waals surface area contributed by atoms with E-state index in [4.69, 9.17) is 11.6 Å². The number of aliphatic imine (C=N–C) groups is 1. The van der Waals surface area contributed by atoms with E-state index in [1.807, 2.05) is 24.3 Å². The van der Waals surface area contributed by atoms with Gasteiger partial charge in [-0.15, -0.1) is 11.3 Å². The molecule has 0 aliphatic rings. The maximum absolute atomic E-state index is 5.88. The molecule has 4 nitrogen and oxygen atoms in total. The summed E-state index contributed by atoms with van der Waals surface area (Å²) in [6.45, 7) is 5.68. The Morgan fingerprint density at radius 3 is 2.50 bits per heavy atom. The van der Waals surface area contributed by atoms with E-state index >= 15 is 0 Å². The van der Waals surface area contributed by atoms with Crippen molar-refractivity contribution in [1.29, 1.82) is 0 Å². The van der Waals surface area contributed by atoms with Crippen LogP contribution in [0.25, 0.3) is 0 Å². The molecule has 1 aromatic heterocycles. The van der Waals surface area contributed by atoms with Crippen LogP contribution in [0, 0.1) is 0 Å². The Morgan fingerprint density at radius 1 is 1.23 bits per heavy atom. The maximum atomic E-state index is 5.88. The molecule has 6 heteroatoms. The van der Waals surface area contributed by atoms with Crippen molar-refractivity contribution in [1.82, 2.24) is 15.6 Å². The van der Waals surface area contributed by atoms with Crippen molar-refractivity contribution in [3.05, 3.63) is 50.9 Å². The lowest BCUT2D eigenvalue weighted by molar-refractivity contribution is 0.785. The molecule has 0 amide bonds. The molecular formula is C16H21ClN4S. The quantitative estimate of drug-likeness (QED) is 0.645. The molecule has 22 heavy (non-hydrogen) atoms. The summed E-state index contributed by atoms with van der Waals surface area (Å²) in [5.74, 6) is 1.23. The van der Waals surface area contributed by atoms with Gasteiger partial charge in [-0.1, -0.05) is 37.6 Å². The van der Waals surface area contributed by atoms with E-state index in [0.29, 0.717) is 19.0 Å². The number of thiazole rings is 1. The van der Waals surface area contributed by atoms with Gasteiger partial charge in [-0.2, -0.15) is 0 Å². The topological polar surface area (TPSA) is 49.3 Å². The van der Waals surface area contributed by atoms with E-state index in [-0.39, 0.29) is 0 Å². The fourth-order valence-electron chi connectivity index (χ4n) is 1.84. The average Bonchev–Trinajstić information content (AvgIpc) is 2.98. The normalized spacial score (nSPS) is 11.8. The number of hydrogen-bond acceptors (Lipinski definition) is 3. The van der Waals surface area contributed by atoms with Gasteiger partial charge in [0.05, 0.1) is 12.2 Å². The first kappa shape index (κ1) is 16.8. The van der Waals surface area contributed by atoms with Gasteiger partial charge in [0.25, 0.3) is 0 Å². The molecule has 2 aromatic rings. The molecule has 2 N–H and O–H groups in total. The summed E-state index contributed by atoms with van der Waals surface area (Å²) in [6.07, 6.45) is 0. The van der Waals surface area contributed by atoms with Crippen LogP contribution in [0.1, 0.15) is 36.0 Å². The summed E-state index contributed by atoms with van der Waals surface area (Å²) in [7, 11) is 1.76. The van der Waals surface area contributed by atoms with Crippen molar-refractivity contribution in [3.8, 4) is 0 Å². The van der Waals surface area contributed by atoms with Gasteiger partial charge in [-0.05, 0) is 23.6 Å². The van der Waals surface area contributed by atoms with Gasteiger partial charge in [-0.3, -0.25) is 4.99 Å². The van der Waals surface area contributed by atoms with Gasteiger partial charge in [0.2, 0.25) is 0 Å². The van der Waals surface area contributed by atoms with Crippen molar-refractivity contribution in [2.24, 2.45) is 4.99 Å². The van der Waals surface area contributed by atoms with Gasteiger partial charge in [0.1, 0.15) is 5.01 Å². The van der Waals surface area contributed by atoms with E-state index in [9.17, 15) is 0 Å². The third-order valence-electron chi connectivity index (χ3n) is 3.16. The van der Waals surface area contributed by atoms with Crippen LogP contribution in [0.5, 0.6) is 0 Å². The Labute approximate surface area is 140 Å². The summed E-state index contributed by atoms with van der Waals surface area (Å²) in [5.41, 5.74) is 2.30. The second-order valence-corrected chi connectivity index (χ2v) is 6.61. The monoisotopic (exact) mass is 336 g/mol. The number of halogens is 1. The second kappa shape index (κ2) is 8.15. The molecule has 0 atom stereocenters. The largest absolute Gasteiger partial charge is 0.352 e. The molecule has 0 radical (unpaired) electrons. The Morgan fingerprint density at radius 2 is 1.91 bits per heavy atom. The van der Waals surface area contributed by atoms with Crippen LogP contribution in [0.15, 0.2) is 34.6 Å². The lowest BCUT2D eigenvalue weighted by Crippen LogP contribution is -2.36. The van der Waals surface area contributed by atoms with E-state index in [0.717, 1.165) is 27.2 Å². The van der Waals surface area contributed by atoms with Crippen LogP contribution in [-0.4, -0.2) is 18.0 Å². The van der Waals surface area contributed by atoms with Gasteiger partial charge < -0.3 is 10.6 Å². The molecule has 0 aliphatic heterocycles. The molecule has 1 aromatic carbocycles. The average molecular weight is 337 g/mol. The highest BCUT2D eigenvalue weighted by atomic mass is 35.5. The zero-order valence-electron chi connectivity index (χ0n) is 13.1. The van der Waals surface area contributed by atoms with Gasteiger partial charge in [0.15, 0.2) is 5.96 Å². The Hall–Kier alpha value is -1.59. The van der Waals surface area contributed by atoms with E-state index in [1.54, 1.807) is 18.4 Å². The van der Waals surface area contributed by atoms with Crippen LogP contribution in [0.3, 0.4) is 0 Å². The predicted molar refractivity (Wildman–Crippen MR) is 94.7 cm³/mol. The Bertz CT molecular complexity index is 619. The highest BCUT2D eigenvalue weighted by Crippen LogP contribution is 2.17. The van der Waals surface area contributed by atoms with Gasteiger partial charge in [0, 0.05) is 24.0 Å². The fraction of sp³-hybridized carbons (Fsp3) is 0.375. The molecule has 0 saturated carbocycles. The van der Waals surface area contributed by atoms with E-state index < -0.39 is 0 Å². The minimum atomic E-state index is 0.465. The fourth-order valence-corrected chi connectivity index (χ4v) is 2.86. The minimum absolute atomic E-state index is 0.465. The van der Waals surface area contributed by atoms with Crippen LogP contribution in [-0.2, 0) is 13.1 Å². The third-order valence-corrected chi connectivity index (χ3v) is 4.28. The number of nitrogens with one attached hydrogen (secondary N) is 2.